The van der Waals surface area contributed by atoms with Gasteiger partial charge in [-0.15, -0.1) is 0 Å². The van der Waals surface area contributed by atoms with Crippen LogP contribution >= 0.6 is 0 Å². The third-order valence-corrected chi connectivity index (χ3v) is 2.46. The van der Waals surface area contributed by atoms with Crippen LogP contribution in [0, 0.1) is 6.92 Å². The third-order valence-electron chi connectivity index (χ3n) is 2.46. The molecule has 0 aliphatic carbocycles. The van der Waals surface area contributed by atoms with Gasteiger partial charge in [-0.1, -0.05) is 0 Å². The van der Waals surface area contributed by atoms with Gasteiger partial charge in [-0.2, -0.15) is 5.10 Å². The number of furan rings is 1. The molecule has 0 atom stereocenters. The molecule has 1 N–H and O–H groups in total. The van der Waals surface area contributed by atoms with Crippen LogP contribution in [0.15, 0.2) is 45.9 Å². The van der Waals surface area contributed by atoms with Crippen LogP contribution in [0.25, 0.3) is 0 Å². The lowest BCUT2D eigenvalue weighted by atomic mass is 10.2. The topological polar surface area (TPSA) is 63.8 Å². The molecule has 1 heterocycles. The molecule has 0 saturated heterocycles. The van der Waals surface area contributed by atoms with Gasteiger partial charge in [-0.3, -0.25) is 4.79 Å². The van der Waals surface area contributed by atoms with E-state index in [2.05, 4.69) is 10.5 Å². The number of rotatable bonds is 4. The highest BCUT2D eigenvalue weighted by Gasteiger charge is 2.07. The average Bonchev–Trinajstić information content (AvgIpc) is 2.86. The van der Waals surface area contributed by atoms with Gasteiger partial charge in [0.25, 0.3) is 0 Å². The smallest absolute Gasteiger partial charge is 0.307 e. The Labute approximate surface area is 110 Å². The molecule has 1 amide bonds. The maximum absolute atomic E-state index is 11.6. The summed E-state index contributed by atoms with van der Waals surface area (Å²) in [7, 11) is 1.61. The van der Waals surface area contributed by atoms with Gasteiger partial charge in [-0.05, 0) is 48.9 Å². The Hall–Kier alpha value is -2.56. The van der Waals surface area contributed by atoms with Crippen molar-refractivity contribution >= 4 is 12.1 Å². The average molecular weight is 258 g/mol. The SMILES string of the molecule is COc1ccc(/C=N/NC(=O)c2ccc(C)o2)cc1. The number of nitrogens with one attached hydrogen (secondary N) is 1. The summed E-state index contributed by atoms with van der Waals surface area (Å²) in [6.07, 6.45) is 1.55. The predicted molar refractivity (Wildman–Crippen MR) is 71.5 cm³/mol. The van der Waals surface area contributed by atoms with Crippen LogP contribution in [0.5, 0.6) is 5.75 Å². The highest BCUT2D eigenvalue weighted by molar-refractivity contribution is 5.92. The van der Waals surface area contributed by atoms with E-state index in [0.717, 1.165) is 11.3 Å². The molecular formula is C14H14N2O3. The lowest BCUT2D eigenvalue weighted by Gasteiger charge is -1.99. The van der Waals surface area contributed by atoms with Crippen molar-refractivity contribution in [2.45, 2.75) is 6.92 Å². The Bertz CT molecular complexity index is 585. The molecule has 2 aromatic rings. The summed E-state index contributed by atoms with van der Waals surface area (Å²) in [4.78, 5) is 11.6. The van der Waals surface area contributed by atoms with Gasteiger partial charge in [0.2, 0.25) is 0 Å². The van der Waals surface area contributed by atoms with Gasteiger partial charge in [-0.25, -0.2) is 5.43 Å². The van der Waals surface area contributed by atoms with E-state index in [1.807, 2.05) is 24.3 Å². The summed E-state index contributed by atoms with van der Waals surface area (Å²) in [5, 5.41) is 3.86. The number of hydrogen-bond donors (Lipinski definition) is 1. The molecular weight excluding hydrogens is 244 g/mol. The number of nitrogens with zero attached hydrogens (tertiary/aromatic N) is 1. The van der Waals surface area contributed by atoms with E-state index in [-0.39, 0.29) is 11.7 Å². The molecule has 98 valence electrons. The molecule has 0 radical (unpaired) electrons. The number of carbonyl (C=O) groups is 1. The minimum absolute atomic E-state index is 0.240. The number of hydrazone groups is 1. The number of benzene rings is 1. The number of carbonyl (C=O) groups excluding carboxylic acids is 1. The van der Waals surface area contributed by atoms with E-state index < -0.39 is 0 Å². The van der Waals surface area contributed by atoms with Crippen molar-refractivity contribution in [1.29, 1.82) is 0 Å². The standard InChI is InChI=1S/C14H14N2O3/c1-10-3-8-13(19-10)14(17)16-15-9-11-4-6-12(18-2)7-5-11/h3-9H,1-2H3,(H,16,17)/b15-9+. The summed E-state index contributed by atoms with van der Waals surface area (Å²) in [5.74, 6) is 1.32. The van der Waals surface area contributed by atoms with Crippen molar-refractivity contribution in [3.8, 4) is 5.75 Å². The first kappa shape index (κ1) is 12.9. The van der Waals surface area contributed by atoms with E-state index in [0.29, 0.717) is 5.76 Å². The van der Waals surface area contributed by atoms with Gasteiger partial charge in [0.05, 0.1) is 13.3 Å². The zero-order valence-electron chi connectivity index (χ0n) is 10.7. The zero-order valence-corrected chi connectivity index (χ0v) is 10.7. The molecule has 19 heavy (non-hydrogen) atoms. The van der Waals surface area contributed by atoms with Crippen molar-refractivity contribution in [3.05, 3.63) is 53.5 Å². The first-order valence-corrected chi connectivity index (χ1v) is 5.73. The number of hydrogen-bond acceptors (Lipinski definition) is 4. The van der Waals surface area contributed by atoms with Gasteiger partial charge in [0.1, 0.15) is 11.5 Å². The summed E-state index contributed by atoms with van der Waals surface area (Å²) in [5.41, 5.74) is 3.25. The fourth-order valence-electron chi connectivity index (χ4n) is 1.47. The van der Waals surface area contributed by atoms with Crippen molar-refractivity contribution < 1.29 is 13.9 Å². The predicted octanol–water partition coefficient (Wildman–Crippen LogP) is 2.36. The van der Waals surface area contributed by atoms with E-state index in [1.165, 1.54) is 0 Å². The molecule has 0 bridgehead atoms. The maximum Gasteiger partial charge on any atom is 0.307 e. The second kappa shape index (κ2) is 5.86. The Morgan fingerprint density at radius 1 is 1.26 bits per heavy atom. The van der Waals surface area contributed by atoms with Crippen LogP contribution in [0.4, 0.5) is 0 Å². The van der Waals surface area contributed by atoms with Crippen LogP contribution in [-0.4, -0.2) is 19.2 Å². The molecule has 0 spiro atoms. The quantitative estimate of drug-likeness (QED) is 0.676. The number of ether oxygens (including phenoxy) is 1. The molecule has 0 aliphatic heterocycles. The highest BCUT2D eigenvalue weighted by atomic mass is 16.5. The van der Waals surface area contributed by atoms with E-state index >= 15 is 0 Å². The van der Waals surface area contributed by atoms with E-state index in [1.54, 1.807) is 32.4 Å². The zero-order chi connectivity index (χ0) is 13.7. The first-order valence-electron chi connectivity index (χ1n) is 5.73. The van der Waals surface area contributed by atoms with E-state index in [4.69, 9.17) is 9.15 Å². The summed E-state index contributed by atoms with van der Waals surface area (Å²) < 4.78 is 10.2. The van der Waals surface area contributed by atoms with Crippen LogP contribution in [0.3, 0.4) is 0 Å². The van der Waals surface area contributed by atoms with Crippen LogP contribution < -0.4 is 10.2 Å². The number of aryl methyl sites for hydroxylation is 1. The monoisotopic (exact) mass is 258 g/mol. The Balaban J connectivity index is 1.94. The van der Waals surface area contributed by atoms with Gasteiger partial charge in [0.15, 0.2) is 5.76 Å². The fourth-order valence-corrected chi connectivity index (χ4v) is 1.47. The van der Waals surface area contributed by atoms with E-state index in [9.17, 15) is 4.79 Å². The molecule has 2 rings (SSSR count). The summed E-state index contributed by atoms with van der Waals surface area (Å²) in [6, 6.07) is 10.6. The molecule has 5 heteroatoms. The summed E-state index contributed by atoms with van der Waals surface area (Å²) in [6.45, 7) is 1.78. The largest absolute Gasteiger partial charge is 0.497 e. The summed E-state index contributed by atoms with van der Waals surface area (Å²) >= 11 is 0. The molecule has 5 nitrogen and oxygen atoms in total. The van der Waals surface area contributed by atoms with Crippen LogP contribution in [0.2, 0.25) is 0 Å². The van der Waals surface area contributed by atoms with Crippen molar-refractivity contribution in [2.24, 2.45) is 5.10 Å². The Kier molecular flexibility index (Phi) is 3.97. The second-order valence-corrected chi connectivity index (χ2v) is 3.88. The first-order chi connectivity index (χ1) is 9.19. The maximum atomic E-state index is 11.6. The molecule has 0 aliphatic rings. The van der Waals surface area contributed by atoms with Gasteiger partial charge >= 0.3 is 5.91 Å². The van der Waals surface area contributed by atoms with Crippen molar-refractivity contribution in [3.63, 3.8) is 0 Å². The van der Waals surface area contributed by atoms with Gasteiger partial charge in [0, 0.05) is 0 Å². The van der Waals surface area contributed by atoms with Gasteiger partial charge < -0.3 is 9.15 Å². The lowest BCUT2D eigenvalue weighted by Crippen LogP contribution is -2.16. The highest BCUT2D eigenvalue weighted by Crippen LogP contribution is 2.09. The second-order valence-electron chi connectivity index (χ2n) is 3.88. The Morgan fingerprint density at radius 2 is 2.00 bits per heavy atom. The third kappa shape index (κ3) is 3.45. The normalized spacial score (nSPS) is 10.6. The molecule has 0 fully saturated rings. The minimum Gasteiger partial charge on any atom is -0.497 e. The Morgan fingerprint density at radius 3 is 2.58 bits per heavy atom. The van der Waals surface area contributed by atoms with Crippen LogP contribution in [0.1, 0.15) is 21.9 Å². The van der Waals surface area contributed by atoms with Crippen LogP contribution in [-0.2, 0) is 0 Å². The minimum atomic E-state index is -0.377. The molecule has 1 aromatic heterocycles. The number of amides is 1. The molecule has 1 aromatic carbocycles. The lowest BCUT2D eigenvalue weighted by molar-refractivity contribution is 0.0926. The van der Waals surface area contributed by atoms with Crippen molar-refractivity contribution in [1.82, 2.24) is 5.43 Å². The number of methoxy groups -OCH3 is 1. The van der Waals surface area contributed by atoms with Crippen molar-refractivity contribution in [2.75, 3.05) is 7.11 Å². The molecule has 0 saturated carbocycles. The molecule has 0 unspecified atom stereocenters. The fraction of sp³-hybridized carbons (Fsp3) is 0.143.